The van der Waals surface area contributed by atoms with Crippen molar-refractivity contribution in [3.63, 3.8) is 0 Å². The third kappa shape index (κ3) is 4.69. The van der Waals surface area contributed by atoms with Crippen LogP contribution in [0.25, 0.3) is 6.08 Å². The van der Waals surface area contributed by atoms with Crippen LogP contribution in [0, 0.1) is 13.8 Å². The fourth-order valence-electron chi connectivity index (χ4n) is 2.59. The molecule has 0 aliphatic rings. The summed E-state index contributed by atoms with van der Waals surface area (Å²) in [6.45, 7) is 4.39. The molecule has 28 heavy (non-hydrogen) atoms. The number of benzene rings is 1. The highest BCUT2D eigenvalue weighted by molar-refractivity contribution is 6.31. The SMILES string of the molecule is Cc1ccc(Cn2nc(C)c(/C=C/C(=O)NNC(=O)c3ccc[nH]3)c2Cl)cc1. The van der Waals surface area contributed by atoms with E-state index in [2.05, 4.69) is 20.9 Å². The van der Waals surface area contributed by atoms with Gasteiger partial charge in [-0.1, -0.05) is 41.4 Å². The highest BCUT2D eigenvalue weighted by atomic mass is 35.5. The Morgan fingerprint density at radius 2 is 1.93 bits per heavy atom. The van der Waals surface area contributed by atoms with Crippen LogP contribution in [0.5, 0.6) is 0 Å². The number of carbonyl (C=O) groups excluding carboxylic acids is 2. The number of hydrogen-bond acceptors (Lipinski definition) is 3. The number of H-pyrrole nitrogens is 1. The van der Waals surface area contributed by atoms with E-state index >= 15 is 0 Å². The molecule has 3 aromatic rings. The van der Waals surface area contributed by atoms with Crippen molar-refractivity contribution in [3.8, 4) is 0 Å². The number of amides is 2. The molecular weight excluding hydrogens is 378 g/mol. The number of halogens is 1. The molecule has 0 spiro atoms. The van der Waals surface area contributed by atoms with Gasteiger partial charge in [-0.3, -0.25) is 20.4 Å². The van der Waals surface area contributed by atoms with Gasteiger partial charge in [0.05, 0.1) is 12.2 Å². The summed E-state index contributed by atoms with van der Waals surface area (Å²) in [5, 5.41) is 4.88. The molecule has 2 aromatic heterocycles. The van der Waals surface area contributed by atoms with Crippen LogP contribution in [0.2, 0.25) is 5.15 Å². The zero-order valence-corrected chi connectivity index (χ0v) is 16.2. The number of carbonyl (C=O) groups is 2. The number of aryl methyl sites for hydroxylation is 2. The van der Waals surface area contributed by atoms with E-state index in [0.717, 1.165) is 5.56 Å². The summed E-state index contributed by atoms with van der Waals surface area (Å²) < 4.78 is 1.69. The smallest absolute Gasteiger partial charge is 0.286 e. The van der Waals surface area contributed by atoms with E-state index < -0.39 is 11.8 Å². The number of aromatic nitrogens is 3. The van der Waals surface area contributed by atoms with Gasteiger partial charge in [0.2, 0.25) is 0 Å². The van der Waals surface area contributed by atoms with Crippen LogP contribution >= 0.6 is 11.6 Å². The molecule has 0 bridgehead atoms. The molecule has 0 aliphatic heterocycles. The summed E-state index contributed by atoms with van der Waals surface area (Å²) in [6.07, 6.45) is 4.49. The van der Waals surface area contributed by atoms with E-state index in [4.69, 9.17) is 11.6 Å². The average Bonchev–Trinajstić information content (AvgIpc) is 3.30. The summed E-state index contributed by atoms with van der Waals surface area (Å²) in [6, 6.07) is 11.4. The first-order valence-electron chi connectivity index (χ1n) is 8.64. The number of hydrogen-bond donors (Lipinski definition) is 3. The van der Waals surface area contributed by atoms with Crippen molar-refractivity contribution in [2.24, 2.45) is 0 Å². The van der Waals surface area contributed by atoms with Gasteiger partial charge in [-0.05, 0) is 37.6 Å². The maximum atomic E-state index is 11.9. The lowest BCUT2D eigenvalue weighted by atomic mass is 10.1. The van der Waals surface area contributed by atoms with Crippen LogP contribution in [-0.2, 0) is 11.3 Å². The summed E-state index contributed by atoms with van der Waals surface area (Å²) >= 11 is 6.43. The maximum Gasteiger partial charge on any atom is 0.286 e. The van der Waals surface area contributed by atoms with Gasteiger partial charge in [0.25, 0.3) is 11.8 Å². The van der Waals surface area contributed by atoms with Crippen molar-refractivity contribution in [3.05, 3.63) is 81.9 Å². The van der Waals surface area contributed by atoms with Crippen LogP contribution in [-0.4, -0.2) is 26.6 Å². The first-order chi connectivity index (χ1) is 13.4. The fraction of sp³-hybridized carbons (Fsp3) is 0.150. The van der Waals surface area contributed by atoms with Gasteiger partial charge in [-0.25, -0.2) is 4.68 Å². The molecule has 0 aliphatic carbocycles. The van der Waals surface area contributed by atoms with Crippen LogP contribution in [0.4, 0.5) is 0 Å². The largest absolute Gasteiger partial charge is 0.357 e. The normalized spacial score (nSPS) is 11.0. The van der Waals surface area contributed by atoms with Gasteiger partial charge >= 0.3 is 0 Å². The topological polar surface area (TPSA) is 91.8 Å². The zero-order chi connectivity index (χ0) is 20.1. The second-order valence-electron chi connectivity index (χ2n) is 6.29. The highest BCUT2D eigenvalue weighted by Gasteiger charge is 2.12. The van der Waals surface area contributed by atoms with E-state index in [1.807, 2.05) is 38.1 Å². The molecule has 0 atom stereocenters. The Morgan fingerprint density at radius 1 is 1.18 bits per heavy atom. The zero-order valence-electron chi connectivity index (χ0n) is 15.5. The van der Waals surface area contributed by atoms with E-state index in [0.29, 0.717) is 28.6 Å². The Hall–Kier alpha value is -3.32. The van der Waals surface area contributed by atoms with Crippen molar-refractivity contribution >= 4 is 29.5 Å². The van der Waals surface area contributed by atoms with Gasteiger partial charge in [-0.15, -0.1) is 0 Å². The lowest BCUT2D eigenvalue weighted by molar-refractivity contribution is -0.117. The molecule has 0 saturated carbocycles. The van der Waals surface area contributed by atoms with Gasteiger partial charge in [0.1, 0.15) is 10.8 Å². The Labute approximate surface area is 167 Å². The lowest BCUT2D eigenvalue weighted by Crippen LogP contribution is -2.40. The number of aromatic amines is 1. The lowest BCUT2D eigenvalue weighted by Gasteiger charge is -2.04. The van der Waals surface area contributed by atoms with Gasteiger partial charge in [-0.2, -0.15) is 5.10 Å². The molecule has 2 amide bonds. The Bertz CT molecular complexity index is 1000. The molecule has 1 aromatic carbocycles. The Kier molecular flexibility index (Phi) is 5.96. The predicted molar refractivity (Wildman–Crippen MR) is 108 cm³/mol. The quantitative estimate of drug-likeness (QED) is 0.456. The van der Waals surface area contributed by atoms with Crippen LogP contribution in [0.1, 0.15) is 32.9 Å². The standard InChI is InChI=1S/C20H20ClN5O2/c1-13-5-7-15(8-6-13)12-26-19(21)16(14(2)25-26)9-10-18(27)23-24-20(28)17-4-3-11-22-17/h3-11,22H,12H2,1-2H3,(H,23,27)(H,24,28)/b10-9+. The summed E-state index contributed by atoms with van der Waals surface area (Å²) in [7, 11) is 0. The molecule has 0 radical (unpaired) electrons. The van der Waals surface area contributed by atoms with E-state index in [9.17, 15) is 9.59 Å². The molecular formula is C20H20ClN5O2. The molecule has 7 nitrogen and oxygen atoms in total. The minimum absolute atomic E-state index is 0.348. The molecule has 144 valence electrons. The summed E-state index contributed by atoms with van der Waals surface area (Å²) in [5.74, 6) is -0.923. The number of rotatable bonds is 5. The van der Waals surface area contributed by atoms with Gasteiger partial charge in [0, 0.05) is 17.8 Å². The van der Waals surface area contributed by atoms with E-state index in [-0.39, 0.29) is 0 Å². The highest BCUT2D eigenvalue weighted by Crippen LogP contribution is 2.22. The second kappa shape index (κ2) is 8.58. The minimum Gasteiger partial charge on any atom is -0.357 e. The molecule has 8 heteroatoms. The van der Waals surface area contributed by atoms with Crippen molar-refractivity contribution in [2.45, 2.75) is 20.4 Å². The van der Waals surface area contributed by atoms with Crippen LogP contribution < -0.4 is 10.9 Å². The monoisotopic (exact) mass is 397 g/mol. The van der Waals surface area contributed by atoms with Crippen molar-refractivity contribution in [2.75, 3.05) is 0 Å². The molecule has 0 fully saturated rings. The first-order valence-corrected chi connectivity index (χ1v) is 9.02. The minimum atomic E-state index is -0.485. The average molecular weight is 398 g/mol. The molecule has 0 unspecified atom stereocenters. The van der Waals surface area contributed by atoms with Crippen LogP contribution in [0.15, 0.2) is 48.7 Å². The van der Waals surface area contributed by atoms with Crippen molar-refractivity contribution in [1.29, 1.82) is 0 Å². The van der Waals surface area contributed by atoms with Gasteiger partial charge < -0.3 is 4.98 Å². The number of hydrazine groups is 1. The Morgan fingerprint density at radius 3 is 2.61 bits per heavy atom. The fourth-order valence-corrected chi connectivity index (χ4v) is 2.88. The summed E-state index contributed by atoms with van der Waals surface area (Å²) in [5.41, 5.74) is 8.60. The third-order valence-corrected chi connectivity index (χ3v) is 4.50. The van der Waals surface area contributed by atoms with Gasteiger partial charge in [0.15, 0.2) is 0 Å². The van der Waals surface area contributed by atoms with Crippen molar-refractivity contribution < 1.29 is 9.59 Å². The molecule has 3 N–H and O–H groups in total. The van der Waals surface area contributed by atoms with E-state index in [1.165, 1.54) is 11.6 Å². The number of nitrogens with zero attached hydrogens (tertiary/aromatic N) is 2. The molecule has 3 rings (SSSR count). The first kappa shape index (κ1) is 19.4. The maximum absolute atomic E-state index is 11.9. The third-order valence-electron chi connectivity index (χ3n) is 4.11. The summed E-state index contributed by atoms with van der Waals surface area (Å²) in [4.78, 5) is 26.5. The van der Waals surface area contributed by atoms with Crippen molar-refractivity contribution in [1.82, 2.24) is 25.6 Å². The Balaban J connectivity index is 1.63. The van der Waals surface area contributed by atoms with E-state index in [1.54, 1.807) is 29.1 Å². The second-order valence-corrected chi connectivity index (χ2v) is 6.65. The number of nitrogens with one attached hydrogen (secondary N) is 3. The predicted octanol–water partition coefficient (Wildman–Crippen LogP) is 3.00. The molecule has 0 saturated heterocycles. The molecule has 2 heterocycles. The van der Waals surface area contributed by atoms with Crippen LogP contribution in [0.3, 0.4) is 0 Å².